The van der Waals surface area contributed by atoms with Crippen molar-refractivity contribution in [3.8, 4) is 22.4 Å². The molecule has 4 nitrogen and oxygen atoms in total. The minimum Gasteiger partial charge on any atom is -0.487 e. The molecule has 1 atom stereocenters. The molecule has 0 aliphatic rings. The zero-order valence-corrected chi connectivity index (χ0v) is 14.1. The standard InChI is InChI=1S/C18H15F2NO3S/c1-12(11-22-18-21-6-7-25-18)23-15-2-4-16(5-3-15)24-17-9-13(19)8-14(20)10-17/h2-10,12H,11H2,1H3. The van der Waals surface area contributed by atoms with Crippen LogP contribution in [0.2, 0.25) is 0 Å². The van der Waals surface area contributed by atoms with E-state index in [0.29, 0.717) is 23.3 Å². The van der Waals surface area contributed by atoms with Gasteiger partial charge in [0.15, 0.2) is 0 Å². The van der Waals surface area contributed by atoms with Crippen molar-refractivity contribution < 1.29 is 23.0 Å². The SMILES string of the molecule is CC(COc1nccs1)Oc1ccc(Oc2cc(F)cc(F)c2)cc1. The second kappa shape index (κ2) is 7.94. The van der Waals surface area contributed by atoms with Gasteiger partial charge >= 0.3 is 0 Å². The first-order valence-electron chi connectivity index (χ1n) is 7.51. The normalized spacial score (nSPS) is 11.8. The van der Waals surface area contributed by atoms with Gasteiger partial charge in [0.25, 0.3) is 5.19 Å². The van der Waals surface area contributed by atoms with Crippen molar-refractivity contribution in [3.63, 3.8) is 0 Å². The quantitative estimate of drug-likeness (QED) is 0.588. The summed E-state index contributed by atoms with van der Waals surface area (Å²) in [5.41, 5.74) is 0. The van der Waals surface area contributed by atoms with Crippen LogP contribution in [0.25, 0.3) is 0 Å². The largest absolute Gasteiger partial charge is 0.487 e. The summed E-state index contributed by atoms with van der Waals surface area (Å²) < 4.78 is 43.0. The number of thiazole rings is 1. The van der Waals surface area contributed by atoms with Crippen molar-refractivity contribution in [2.45, 2.75) is 13.0 Å². The highest BCUT2D eigenvalue weighted by Gasteiger charge is 2.08. The van der Waals surface area contributed by atoms with Crippen molar-refractivity contribution in [1.29, 1.82) is 0 Å². The summed E-state index contributed by atoms with van der Waals surface area (Å²) in [6.07, 6.45) is 1.50. The molecule has 0 saturated heterocycles. The van der Waals surface area contributed by atoms with E-state index in [4.69, 9.17) is 14.2 Å². The second-order valence-corrected chi connectivity index (χ2v) is 6.07. The van der Waals surface area contributed by atoms with Gasteiger partial charge in [0.1, 0.15) is 41.6 Å². The van der Waals surface area contributed by atoms with Crippen LogP contribution in [-0.4, -0.2) is 17.7 Å². The molecule has 0 radical (unpaired) electrons. The molecule has 0 saturated carbocycles. The topological polar surface area (TPSA) is 40.6 Å². The van der Waals surface area contributed by atoms with Crippen molar-refractivity contribution in [1.82, 2.24) is 4.98 Å². The molecule has 0 spiro atoms. The highest BCUT2D eigenvalue weighted by Crippen LogP contribution is 2.25. The molecule has 1 unspecified atom stereocenters. The van der Waals surface area contributed by atoms with E-state index in [1.54, 1.807) is 30.5 Å². The van der Waals surface area contributed by atoms with Crippen LogP contribution in [0.4, 0.5) is 8.78 Å². The maximum Gasteiger partial charge on any atom is 0.273 e. The van der Waals surface area contributed by atoms with Gasteiger partial charge in [-0.25, -0.2) is 13.8 Å². The Hall–Kier alpha value is -2.67. The van der Waals surface area contributed by atoms with Gasteiger partial charge < -0.3 is 14.2 Å². The van der Waals surface area contributed by atoms with E-state index >= 15 is 0 Å². The summed E-state index contributed by atoms with van der Waals surface area (Å²) >= 11 is 1.42. The van der Waals surface area contributed by atoms with Gasteiger partial charge in [-0.2, -0.15) is 0 Å². The van der Waals surface area contributed by atoms with E-state index in [9.17, 15) is 8.78 Å². The number of aromatic nitrogens is 1. The molecule has 25 heavy (non-hydrogen) atoms. The Morgan fingerprint density at radius 2 is 1.68 bits per heavy atom. The number of halogens is 2. The molecule has 3 rings (SSSR count). The zero-order chi connectivity index (χ0) is 17.6. The monoisotopic (exact) mass is 363 g/mol. The Balaban J connectivity index is 1.54. The summed E-state index contributed by atoms with van der Waals surface area (Å²) in [6, 6.07) is 9.77. The van der Waals surface area contributed by atoms with E-state index in [1.807, 2.05) is 12.3 Å². The third kappa shape index (κ3) is 5.15. The molecular formula is C18H15F2NO3S. The summed E-state index contributed by atoms with van der Waals surface area (Å²) in [5, 5.41) is 2.44. The Labute approximate surface area is 147 Å². The van der Waals surface area contributed by atoms with Crippen molar-refractivity contribution in [3.05, 3.63) is 65.7 Å². The highest BCUT2D eigenvalue weighted by atomic mass is 32.1. The third-order valence-corrected chi connectivity index (χ3v) is 3.77. The Kier molecular flexibility index (Phi) is 5.45. The summed E-state index contributed by atoms with van der Waals surface area (Å²) in [7, 11) is 0. The molecule has 0 amide bonds. The number of hydrogen-bond donors (Lipinski definition) is 0. The number of ether oxygens (including phenoxy) is 3. The van der Waals surface area contributed by atoms with Crippen LogP contribution in [0.15, 0.2) is 54.0 Å². The van der Waals surface area contributed by atoms with Gasteiger partial charge in [-0.3, -0.25) is 0 Å². The number of nitrogens with zero attached hydrogens (tertiary/aromatic N) is 1. The van der Waals surface area contributed by atoms with Gasteiger partial charge in [-0.1, -0.05) is 11.3 Å². The first-order chi connectivity index (χ1) is 12.1. The first kappa shape index (κ1) is 17.2. The van der Waals surface area contributed by atoms with Gasteiger partial charge in [-0.15, -0.1) is 0 Å². The van der Waals surface area contributed by atoms with Gasteiger partial charge in [-0.05, 0) is 31.2 Å². The van der Waals surface area contributed by atoms with Crippen molar-refractivity contribution in [2.75, 3.05) is 6.61 Å². The Bertz CT molecular complexity index is 789. The average Bonchev–Trinajstić information content (AvgIpc) is 3.07. The summed E-state index contributed by atoms with van der Waals surface area (Å²) in [5.74, 6) is -0.207. The fraction of sp³-hybridized carbons (Fsp3) is 0.167. The van der Waals surface area contributed by atoms with Gasteiger partial charge in [0.2, 0.25) is 0 Å². The molecule has 0 bridgehead atoms. The molecule has 130 valence electrons. The maximum absolute atomic E-state index is 13.2. The van der Waals surface area contributed by atoms with Crippen LogP contribution in [-0.2, 0) is 0 Å². The van der Waals surface area contributed by atoms with Crippen LogP contribution >= 0.6 is 11.3 Å². The van der Waals surface area contributed by atoms with Crippen molar-refractivity contribution >= 4 is 11.3 Å². The van der Waals surface area contributed by atoms with E-state index < -0.39 is 11.6 Å². The predicted molar refractivity (Wildman–Crippen MR) is 90.6 cm³/mol. The number of rotatable bonds is 7. The predicted octanol–water partition coefficient (Wildman–Crippen LogP) is 5.06. The molecular weight excluding hydrogens is 348 g/mol. The lowest BCUT2D eigenvalue weighted by Gasteiger charge is -2.15. The lowest BCUT2D eigenvalue weighted by molar-refractivity contribution is 0.143. The molecule has 0 aliphatic heterocycles. The van der Waals surface area contributed by atoms with Crippen LogP contribution in [0.5, 0.6) is 22.4 Å². The first-order valence-corrected chi connectivity index (χ1v) is 8.39. The van der Waals surface area contributed by atoms with Crippen molar-refractivity contribution in [2.24, 2.45) is 0 Å². The van der Waals surface area contributed by atoms with E-state index in [0.717, 1.165) is 18.2 Å². The molecule has 0 aliphatic carbocycles. The molecule has 1 heterocycles. The molecule has 0 fully saturated rings. The van der Waals surface area contributed by atoms with Crippen LogP contribution in [0.3, 0.4) is 0 Å². The Morgan fingerprint density at radius 1 is 1.00 bits per heavy atom. The molecule has 2 aromatic carbocycles. The van der Waals surface area contributed by atoms with Crippen LogP contribution < -0.4 is 14.2 Å². The third-order valence-electron chi connectivity index (χ3n) is 3.08. The van der Waals surface area contributed by atoms with E-state index in [1.165, 1.54) is 11.3 Å². The van der Waals surface area contributed by atoms with Gasteiger partial charge in [0, 0.05) is 29.8 Å². The second-order valence-electron chi connectivity index (χ2n) is 5.22. The molecule has 3 aromatic rings. The fourth-order valence-electron chi connectivity index (χ4n) is 2.05. The minimum absolute atomic E-state index is 0.0939. The van der Waals surface area contributed by atoms with Crippen LogP contribution in [0.1, 0.15) is 6.92 Å². The summed E-state index contributed by atoms with van der Waals surface area (Å²) in [4.78, 5) is 4.03. The zero-order valence-electron chi connectivity index (χ0n) is 13.3. The summed E-state index contributed by atoms with van der Waals surface area (Å²) in [6.45, 7) is 2.25. The lowest BCUT2D eigenvalue weighted by Crippen LogP contribution is -2.20. The number of hydrogen-bond acceptors (Lipinski definition) is 5. The molecule has 0 N–H and O–H groups in total. The van der Waals surface area contributed by atoms with Crippen LogP contribution in [0, 0.1) is 11.6 Å². The molecule has 7 heteroatoms. The minimum atomic E-state index is -0.691. The van der Waals surface area contributed by atoms with E-state index in [2.05, 4.69) is 4.98 Å². The number of benzene rings is 2. The van der Waals surface area contributed by atoms with E-state index in [-0.39, 0.29) is 11.9 Å². The van der Waals surface area contributed by atoms with Gasteiger partial charge in [0.05, 0.1) is 0 Å². The smallest absolute Gasteiger partial charge is 0.273 e. The average molecular weight is 363 g/mol. The maximum atomic E-state index is 13.2. The Morgan fingerprint density at radius 3 is 2.32 bits per heavy atom. The fourth-order valence-corrected chi connectivity index (χ4v) is 2.54. The molecule has 1 aromatic heterocycles. The lowest BCUT2D eigenvalue weighted by atomic mass is 10.3. The highest BCUT2D eigenvalue weighted by molar-refractivity contribution is 7.11.